The van der Waals surface area contributed by atoms with Crippen molar-refractivity contribution in [2.24, 2.45) is 7.05 Å². The van der Waals surface area contributed by atoms with Crippen LogP contribution in [0.1, 0.15) is 76.6 Å². The largest absolute Gasteiger partial charge is 0.345 e. The molecule has 1 aliphatic heterocycles. The molecule has 1 saturated heterocycles. The van der Waals surface area contributed by atoms with E-state index in [2.05, 4.69) is 5.10 Å². The highest BCUT2D eigenvalue weighted by Crippen LogP contribution is 2.32. The van der Waals surface area contributed by atoms with Crippen LogP contribution in [0.2, 0.25) is 0 Å². The molecule has 2 aliphatic rings. The van der Waals surface area contributed by atoms with Crippen molar-refractivity contribution in [1.29, 1.82) is 0 Å². The van der Waals surface area contributed by atoms with Gasteiger partial charge in [0.2, 0.25) is 10.0 Å². The van der Waals surface area contributed by atoms with Gasteiger partial charge in [-0.3, -0.25) is 4.57 Å². The molecule has 1 aromatic heterocycles. The predicted molar refractivity (Wildman–Crippen MR) is 97.2 cm³/mol. The van der Waals surface area contributed by atoms with E-state index < -0.39 is 10.0 Å². The smallest absolute Gasteiger partial charge is 0.276 e. The van der Waals surface area contributed by atoms with Gasteiger partial charge in [-0.05, 0) is 39.5 Å². The van der Waals surface area contributed by atoms with Crippen LogP contribution >= 0.6 is 0 Å². The second kappa shape index (κ2) is 7.23. The molecule has 7 nitrogen and oxygen atoms in total. The molecule has 0 radical (unpaired) electrons. The molecule has 8 heteroatoms. The molecular weight excluding hydrogens is 340 g/mol. The quantitative estimate of drug-likeness (QED) is 0.812. The first-order valence-electron chi connectivity index (χ1n) is 9.46. The summed E-state index contributed by atoms with van der Waals surface area (Å²) in [5, 5.41) is 4.20. The lowest BCUT2D eigenvalue weighted by atomic mass is 9.98. The molecule has 1 unspecified atom stereocenters. The molecule has 0 spiro atoms. The van der Waals surface area contributed by atoms with Crippen molar-refractivity contribution >= 4 is 10.0 Å². The number of hydrogen-bond donors (Lipinski definition) is 0. The third kappa shape index (κ3) is 3.56. The minimum atomic E-state index is -3.25. The molecule has 2 fully saturated rings. The minimum absolute atomic E-state index is 0.0107. The Morgan fingerprint density at radius 2 is 1.76 bits per heavy atom. The van der Waals surface area contributed by atoms with Gasteiger partial charge in [-0.1, -0.05) is 19.3 Å². The van der Waals surface area contributed by atoms with E-state index in [1.54, 1.807) is 15.9 Å². The normalized spacial score (nSPS) is 24.1. The first kappa shape index (κ1) is 18.6. The highest BCUT2D eigenvalue weighted by molar-refractivity contribution is 7.89. The van der Waals surface area contributed by atoms with E-state index in [9.17, 15) is 13.2 Å². The van der Waals surface area contributed by atoms with Crippen LogP contribution in [0, 0.1) is 0 Å². The molecule has 1 atom stereocenters. The second-order valence-corrected chi connectivity index (χ2v) is 9.94. The fraction of sp³-hybridized carbons (Fsp3) is 0.882. The van der Waals surface area contributed by atoms with Crippen LogP contribution in [0.25, 0.3) is 0 Å². The van der Waals surface area contributed by atoms with Gasteiger partial charge >= 0.3 is 5.69 Å². The molecule has 2 heterocycles. The van der Waals surface area contributed by atoms with Crippen LogP contribution in [0.3, 0.4) is 0 Å². The standard InChI is InChI=1S/C17H30N4O3S/c1-13(2)21-16(18-19(3)17(21)22)14-8-7-11-20(12-14)25(23,24)15-9-5-4-6-10-15/h13-15H,4-12H2,1-3H3. The number of aromatic nitrogens is 3. The fourth-order valence-corrected chi connectivity index (χ4v) is 6.34. The van der Waals surface area contributed by atoms with Gasteiger partial charge in [-0.2, -0.15) is 5.10 Å². The summed E-state index contributed by atoms with van der Waals surface area (Å²) < 4.78 is 30.8. The SMILES string of the molecule is CC(C)n1c(C2CCCN(S(=O)(=O)C3CCCCC3)C2)nn(C)c1=O. The summed E-state index contributed by atoms with van der Waals surface area (Å²) in [6, 6.07) is 0.0153. The summed E-state index contributed by atoms with van der Waals surface area (Å²) in [6.45, 7) is 4.97. The summed E-state index contributed by atoms with van der Waals surface area (Å²) >= 11 is 0. The highest BCUT2D eigenvalue weighted by Gasteiger charge is 2.37. The van der Waals surface area contributed by atoms with Crippen LogP contribution in [-0.4, -0.2) is 45.4 Å². The lowest BCUT2D eigenvalue weighted by Crippen LogP contribution is -2.45. The van der Waals surface area contributed by atoms with E-state index in [1.807, 2.05) is 13.8 Å². The van der Waals surface area contributed by atoms with E-state index >= 15 is 0 Å². The average molecular weight is 371 g/mol. The van der Waals surface area contributed by atoms with E-state index in [0.29, 0.717) is 13.1 Å². The van der Waals surface area contributed by atoms with Crippen molar-refractivity contribution in [1.82, 2.24) is 18.7 Å². The van der Waals surface area contributed by atoms with Crippen molar-refractivity contribution in [3.63, 3.8) is 0 Å². The van der Waals surface area contributed by atoms with Gasteiger partial charge < -0.3 is 0 Å². The fourth-order valence-electron chi connectivity index (χ4n) is 4.22. The number of rotatable bonds is 4. The lowest BCUT2D eigenvalue weighted by Gasteiger charge is -2.35. The van der Waals surface area contributed by atoms with Gasteiger partial charge in [0.1, 0.15) is 5.82 Å². The Hall–Kier alpha value is -1.15. The maximum absolute atomic E-state index is 13.0. The Bertz CT molecular complexity index is 759. The third-order valence-electron chi connectivity index (χ3n) is 5.58. The predicted octanol–water partition coefficient (Wildman–Crippen LogP) is 2.00. The Morgan fingerprint density at radius 3 is 2.40 bits per heavy atom. The number of hydrogen-bond acceptors (Lipinski definition) is 4. The maximum atomic E-state index is 13.0. The Kier molecular flexibility index (Phi) is 5.39. The van der Waals surface area contributed by atoms with Crippen molar-refractivity contribution in [3.8, 4) is 0 Å². The minimum Gasteiger partial charge on any atom is -0.276 e. The van der Waals surface area contributed by atoms with Crippen molar-refractivity contribution in [2.45, 2.75) is 76.0 Å². The summed E-state index contributed by atoms with van der Waals surface area (Å²) in [4.78, 5) is 12.3. The van der Waals surface area contributed by atoms with Crippen molar-refractivity contribution in [2.75, 3.05) is 13.1 Å². The van der Waals surface area contributed by atoms with Crippen LogP contribution in [0.15, 0.2) is 4.79 Å². The molecule has 25 heavy (non-hydrogen) atoms. The number of sulfonamides is 1. The van der Waals surface area contributed by atoms with Crippen LogP contribution in [0.4, 0.5) is 0 Å². The van der Waals surface area contributed by atoms with Crippen LogP contribution in [-0.2, 0) is 17.1 Å². The summed E-state index contributed by atoms with van der Waals surface area (Å²) in [5.41, 5.74) is -0.128. The van der Waals surface area contributed by atoms with Gasteiger partial charge in [-0.15, -0.1) is 0 Å². The molecule has 1 aliphatic carbocycles. The molecule has 1 aromatic rings. The summed E-state index contributed by atoms with van der Waals surface area (Å²) in [6.07, 6.45) is 6.42. The first-order chi connectivity index (χ1) is 11.8. The Labute approximate surface area is 150 Å². The molecule has 3 rings (SSSR count). The van der Waals surface area contributed by atoms with E-state index in [0.717, 1.165) is 50.8 Å². The van der Waals surface area contributed by atoms with Gasteiger partial charge in [0, 0.05) is 32.1 Å². The van der Waals surface area contributed by atoms with Crippen LogP contribution in [0.5, 0.6) is 0 Å². The third-order valence-corrected chi connectivity index (χ3v) is 7.95. The Balaban J connectivity index is 1.84. The van der Waals surface area contributed by atoms with Gasteiger partial charge in [0.05, 0.1) is 5.25 Å². The molecule has 142 valence electrons. The average Bonchev–Trinajstić information content (AvgIpc) is 2.91. The zero-order valence-electron chi connectivity index (χ0n) is 15.5. The lowest BCUT2D eigenvalue weighted by molar-refractivity contribution is 0.294. The van der Waals surface area contributed by atoms with Crippen molar-refractivity contribution in [3.05, 3.63) is 16.3 Å². The van der Waals surface area contributed by atoms with E-state index in [1.165, 1.54) is 4.68 Å². The van der Waals surface area contributed by atoms with Gasteiger partial charge in [-0.25, -0.2) is 22.2 Å². The first-order valence-corrected chi connectivity index (χ1v) is 11.0. The summed E-state index contributed by atoms with van der Waals surface area (Å²) in [5.74, 6) is 0.717. The molecule has 0 bridgehead atoms. The molecule has 0 amide bonds. The molecule has 0 N–H and O–H groups in total. The molecular formula is C17H30N4O3S. The topological polar surface area (TPSA) is 77.2 Å². The van der Waals surface area contributed by atoms with Crippen molar-refractivity contribution < 1.29 is 8.42 Å². The van der Waals surface area contributed by atoms with E-state index in [4.69, 9.17) is 0 Å². The highest BCUT2D eigenvalue weighted by atomic mass is 32.2. The van der Waals surface area contributed by atoms with Gasteiger partial charge in [0.25, 0.3) is 0 Å². The molecule has 0 aromatic carbocycles. The number of nitrogens with zero attached hydrogens (tertiary/aromatic N) is 4. The Morgan fingerprint density at radius 1 is 1.08 bits per heavy atom. The zero-order chi connectivity index (χ0) is 18.2. The van der Waals surface area contributed by atoms with E-state index in [-0.39, 0.29) is 22.9 Å². The monoisotopic (exact) mass is 370 g/mol. The number of piperidine rings is 1. The number of aryl methyl sites for hydroxylation is 1. The summed E-state index contributed by atoms with van der Waals surface area (Å²) in [7, 11) is -1.59. The second-order valence-electron chi connectivity index (χ2n) is 7.73. The molecule has 1 saturated carbocycles. The van der Waals surface area contributed by atoms with Crippen LogP contribution < -0.4 is 5.69 Å². The van der Waals surface area contributed by atoms with Gasteiger partial charge in [0.15, 0.2) is 0 Å². The maximum Gasteiger partial charge on any atom is 0.345 e. The zero-order valence-corrected chi connectivity index (χ0v) is 16.3.